The highest BCUT2D eigenvalue weighted by Crippen LogP contribution is 2.18. The topological polar surface area (TPSA) is 67.8 Å². The molecular weight excluding hydrogens is 326 g/mol. The maximum atomic E-state index is 11.4. The number of hydrogen-bond acceptors (Lipinski definition) is 6. The minimum Gasteiger partial charge on any atom is -0.491 e. The SMILES string of the molecule is COC(=O)c1ccc(CCCNCC(O)COc2ccccc2)s1. The molecule has 1 unspecified atom stereocenters. The van der Waals surface area contributed by atoms with E-state index in [1.54, 1.807) is 6.07 Å². The Labute approximate surface area is 146 Å². The van der Waals surface area contributed by atoms with Crippen molar-refractivity contribution in [2.45, 2.75) is 18.9 Å². The maximum Gasteiger partial charge on any atom is 0.348 e. The van der Waals surface area contributed by atoms with Crippen LogP contribution >= 0.6 is 11.3 Å². The van der Waals surface area contributed by atoms with Gasteiger partial charge in [-0.2, -0.15) is 0 Å². The molecule has 1 atom stereocenters. The number of esters is 1. The van der Waals surface area contributed by atoms with Gasteiger partial charge in [-0.1, -0.05) is 18.2 Å². The molecule has 0 aliphatic rings. The molecule has 24 heavy (non-hydrogen) atoms. The molecule has 6 heteroatoms. The normalized spacial score (nSPS) is 11.9. The van der Waals surface area contributed by atoms with Crippen LogP contribution in [0.15, 0.2) is 42.5 Å². The largest absolute Gasteiger partial charge is 0.491 e. The van der Waals surface area contributed by atoms with Crippen LogP contribution in [0.2, 0.25) is 0 Å². The summed E-state index contributed by atoms with van der Waals surface area (Å²) >= 11 is 1.46. The second kappa shape index (κ2) is 10.1. The van der Waals surface area contributed by atoms with Crippen LogP contribution in [0, 0.1) is 0 Å². The average Bonchev–Trinajstić information content (AvgIpc) is 3.09. The fourth-order valence-corrected chi connectivity index (χ4v) is 3.11. The Kier molecular flexibility index (Phi) is 7.74. The van der Waals surface area contributed by atoms with Gasteiger partial charge in [0.05, 0.1) is 7.11 Å². The predicted octanol–water partition coefficient (Wildman–Crippen LogP) is 2.50. The van der Waals surface area contributed by atoms with E-state index in [2.05, 4.69) is 5.32 Å². The van der Waals surface area contributed by atoms with E-state index in [1.807, 2.05) is 36.4 Å². The van der Waals surface area contributed by atoms with Crippen LogP contribution in [0.3, 0.4) is 0 Å². The highest BCUT2D eigenvalue weighted by Gasteiger charge is 2.09. The number of carbonyl (C=O) groups excluding carboxylic acids is 1. The first-order valence-corrected chi connectivity index (χ1v) is 8.74. The molecule has 0 aliphatic heterocycles. The highest BCUT2D eigenvalue weighted by molar-refractivity contribution is 7.13. The Morgan fingerprint density at radius 2 is 2.04 bits per heavy atom. The summed E-state index contributed by atoms with van der Waals surface area (Å²) in [5.74, 6) is 0.474. The lowest BCUT2D eigenvalue weighted by Crippen LogP contribution is -2.32. The van der Waals surface area contributed by atoms with Gasteiger partial charge >= 0.3 is 5.97 Å². The van der Waals surface area contributed by atoms with Gasteiger partial charge in [-0.05, 0) is 43.7 Å². The number of nitrogens with one attached hydrogen (secondary N) is 1. The molecule has 0 fully saturated rings. The Morgan fingerprint density at radius 3 is 2.79 bits per heavy atom. The Morgan fingerprint density at radius 1 is 1.25 bits per heavy atom. The minimum absolute atomic E-state index is 0.268. The number of thiophene rings is 1. The van der Waals surface area contributed by atoms with E-state index < -0.39 is 6.10 Å². The lowest BCUT2D eigenvalue weighted by atomic mass is 10.2. The van der Waals surface area contributed by atoms with Crippen molar-refractivity contribution in [3.05, 3.63) is 52.2 Å². The van der Waals surface area contributed by atoms with Gasteiger partial charge in [-0.15, -0.1) is 11.3 Å². The van der Waals surface area contributed by atoms with E-state index in [4.69, 9.17) is 9.47 Å². The summed E-state index contributed by atoms with van der Waals surface area (Å²) in [6.45, 7) is 1.56. The van der Waals surface area contributed by atoms with Gasteiger partial charge in [0.1, 0.15) is 23.3 Å². The maximum absolute atomic E-state index is 11.4. The second-order valence-corrected chi connectivity index (χ2v) is 6.51. The molecule has 0 aliphatic carbocycles. The second-order valence-electron chi connectivity index (χ2n) is 5.34. The van der Waals surface area contributed by atoms with Crippen LogP contribution in [-0.2, 0) is 11.2 Å². The van der Waals surface area contributed by atoms with Crippen molar-refractivity contribution in [2.24, 2.45) is 0 Å². The van der Waals surface area contributed by atoms with Crippen molar-refractivity contribution in [3.8, 4) is 5.75 Å². The lowest BCUT2D eigenvalue weighted by Gasteiger charge is -2.13. The number of carbonyl (C=O) groups is 1. The fraction of sp³-hybridized carbons (Fsp3) is 0.389. The fourth-order valence-electron chi connectivity index (χ4n) is 2.15. The van der Waals surface area contributed by atoms with Crippen LogP contribution in [-0.4, -0.2) is 44.0 Å². The number of methoxy groups -OCH3 is 1. The van der Waals surface area contributed by atoms with Crippen molar-refractivity contribution in [1.29, 1.82) is 0 Å². The molecule has 0 amide bonds. The van der Waals surface area contributed by atoms with Gasteiger partial charge < -0.3 is 19.9 Å². The number of aryl methyl sites for hydroxylation is 1. The number of ether oxygens (including phenoxy) is 2. The minimum atomic E-state index is -0.544. The molecule has 1 heterocycles. The van der Waals surface area contributed by atoms with Crippen LogP contribution < -0.4 is 10.1 Å². The summed E-state index contributed by atoms with van der Waals surface area (Å²) < 4.78 is 10.2. The number of rotatable bonds is 10. The summed E-state index contributed by atoms with van der Waals surface area (Å²) in [4.78, 5) is 13.2. The van der Waals surface area contributed by atoms with Crippen molar-refractivity contribution >= 4 is 17.3 Å². The zero-order chi connectivity index (χ0) is 17.2. The average molecular weight is 349 g/mol. The van der Waals surface area contributed by atoms with E-state index in [0.29, 0.717) is 11.4 Å². The molecule has 0 radical (unpaired) electrons. The van der Waals surface area contributed by atoms with Gasteiger partial charge in [0.15, 0.2) is 0 Å². The summed E-state index contributed by atoms with van der Waals surface area (Å²) in [5.41, 5.74) is 0. The van der Waals surface area contributed by atoms with E-state index in [1.165, 1.54) is 18.4 Å². The zero-order valence-corrected chi connectivity index (χ0v) is 14.6. The third-order valence-electron chi connectivity index (χ3n) is 3.39. The third-order valence-corrected chi connectivity index (χ3v) is 4.52. The van der Waals surface area contributed by atoms with Gasteiger partial charge in [-0.3, -0.25) is 0 Å². The molecule has 2 N–H and O–H groups in total. The molecule has 1 aromatic heterocycles. The van der Waals surface area contributed by atoms with E-state index >= 15 is 0 Å². The van der Waals surface area contributed by atoms with Crippen molar-refractivity contribution in [1.82, 2.24) is 5.32 Å². The van der Waals surface area contributed by atoms with E-state index in [9.17, 15) is 9.90 Å². The van der Waals surface area contributed by atoms with E-state index in [0.717, 1.165) is 30.0 Å². The van der Waals surface area contributed by atoms with Crippen molar-refractivity contribution < 1.29 is 19.4 Å². The first-order valence-electron chi connectivity index (χ1n) is 7.92. The Balaban J connectivity index is 1.56. The summed E-state index contributed by atoms with van der Waals surface area (Å²) in [6, 6.07) is 13.2. The predicted molar refractivity (Wildman–Crippen MR) is 94.8 cm³/mol. The first-order chi connectivity index (χ1) is 11.7. The standard InChI is InChI=1S/C18H23NO4S/c1-22-18(21)17-10-9-16(24-17)8-5-11-19-12-14(20)13-23-15-6-3-2-4-7-15/h2-4,6-7,9-10,14,19-20H,5,8,11-13H2,1H3. The molecule has 0 saturated heterocycles. The Bertz CT molecular complexity index is 614. The van der Waals surface area contributed by atoms with Gasteiger partial charge in [0, 0.05) is 11.4 Å². The molecule has 2 aromatic rings. The molecule has 0 saturated carbocycles. The van der Waals surface area contributed by atoms with Gasteiger partial charge in [-0.25, -0.2) is 4.79 Å². The Hall–Kier alpha value is -1.89. The molecule has 0 spiro atoms. The van der Waals surface area contributed by atoms with Crippen LogP contribution in [0.1, 0.15) is 21.0 Å². The smallest absolute Gasteiger partial charge is 0.348 e. The summed E-state index contributed by atoms with van der Waals surface area (Å²) in [7, 11) is 1.39. The van der Waals surface area contributed by atoms with Gasteiger partial charge in [0.25, 0.3) is 0 Å². The molecule has 0 bridgehead atoms. The van der Waals surface area contributed by atoms with Crippen LogP contribution in [0.4, 0.5) is 0 Å². The highest BCUT2D eigenvalue weighted by atomic mass is 32.1. The van der Waals surface area contributed by atoms with Crippen molar-refractivity contribution in [2.75, 3.05) is 26.8 Å². The molecule has 1 aromatic carbocycles. The number of para-hydroxylation sites is 1. The van der Waals surface area contributed by atoms with Gasteiger partial charge in [0.2, 0.25) is 0 Å². The monoisotopic (exact) mass is 349 g/mol. The number of aliphatic hydroxyl groups is 1. The number of aliphatic hydroxyl groups excluding tert-OH is 1. The number of benzene rings is 1. The third kappa shape index (κ3) is 6.31. The molecule has 130 valence electrons. The first kappa shape index (κ1) is 18.4. The van der Waals surface area contributed by atoms with Crippen molar-refractivity contribution in [3.63, 3.8) is 0 Å². The summed E-state index contributed by atoms with van der Waals surface area (Å²) in [6.07, 6.45) is 1.29. The zero-order valence-electron chi connectivity index (χ0n) is 13.7. The quantitative estimate of drug-likeness (QED) is 0.509. The van der Waals surface area contributed by atoms with Crippen LogP contribution in [0.5, 0.6) is 5.75 Å². The lowest BCUT2D eigenvalue weighted by molar-refractivity contribution is 0.0606. The van der Waals surface area contributed by atoms with E-state index in [-0.39, 0.29) is 12.6 Å². The molecule has 5 nitrogen and oxygen atoms in total. The molecular formula is C18H23NO4S. The summed E-state index contributed by atoms with van der Waals surface area (Å²) in [5, 5.41) is 13.1. The molecule has 2 rings (SSSR count). The number of hydrogen-bond donors (Lipinski definition) is 2. The van der Waals surface area contributed by atoms with Crippen LogP contribution in [0.25, 0.3) is 0 Å².